The van der Waals surface area contributed by atoms with E-state index in [9.17, 15) is 4.79 Å². The fraction of sp³-hybridized carbons (Fsp3) is 0.500. The third-order valence-corrected chi connectivity index (χ3v) is 3.97. The molecule has 1 saturated carbocycles. The van der Waals surface area contributed by atoms with Crippen LogP contribution in [0, 0.1) is 12.8 Å². The quantitative estimate of drug-likeness (QED) is 0.707. The first kappa shape index (κ1) is 9.88. The average Bonchev–Trinajstić information content (AvgIpc) is 2.31. The van der Waals surface area contributed by atoms with Gasteiger partial charge in [-0.3, -0.25) is 4.79 Å². The second kappa shape index (κ2) is 3.62. The lowest BCUT2D eigenvalue weighted by molar-refractivity contribution is -0.121. The van der Waals surface area contributed by atoms with Crippen LogP contribution in [0.2, 0.25) is 0 Å². The summed E-state index contributed by atoms with van der Waals surface area (Å²) in [6.07, 6.45) is 4.70. The van der Waals surface area contributed by atoms with E-state index >= 15 is 0 Å². The number of rotatable bonds is 0. The van der Waals surface area contributed by atoms with Crippen molar-refractivity contribution >= 4 is 11.6 Å². The molecule has 0 radical (unpaired) electrons. The van der Waals surface area contributed by atoms with Crippen molar-refractivity contribution in [1.82, 2.24) is 0 Å². The van der Waals surface area contributed by atoms with Gasteiger partial charge in [-0.15, -0.1) is 0 Å². The molecular weight excluding hydrogens is 198 g/mol. The Labute approximate surface area is 96.1 Å². The van der Waals surface area contributed by atoms with Crippen LogP contribution >= 0.6 is 0 Å². The first-order valence-electron chi connectivity index (χ1n) is 6.17. The number of amides is 1. The maximum absolute atomic E-state index is 12.0. The number of carbonyl (C=O) groups excluding carboxylic acids is 1. The molecule has 1 heterocycles. The maximum atomic E-state index is 12.0. The van der Waals surface area contributed by atoms with Crippen molar-refractivity contribution in [3.05, 3.63) is 29.3 Å². The molecule has 2 heteroatoms. The molecule has 1 aromatic carbocycles. The van der Waals surface area contributed by atoms with Gasteiger partial charge in [0.2, 0.25) is 5.91 Å². The van der Waals surface area contributed by atoms with Gasteiger partial charge < -0.3 is 5.32 Å². The van der Waals surface area contributed by atoms with Crippen LogP contribution in [0.15, 0.2) is 18.2 Å². The number of hydrogen-bond acceptors (Lipinski definition) is 1. The molecule has 0 spiro atoms. The number of hydrogen-bond donors (Lipinski definition) is 1. The van der Waals surface area contributed by atoms with E-state index in [0.717, 1.165) is 12.1 Å². The molecule has 1 aromatic rings. The fourth-order valence-electron chi connectivity index (χ4n) is 3.15. The molecule has 1 amide bonds. The number of fused-ring (bicyclic) bond motifs is 3. The molecule has 1 aliphatic carbocycles. The Morgan fingerprint density at radius 1 is 1.19 bits per heavy atom. The Kier molecular flexibility index (Phi) is 2.23. The topological polar surface area (TPSA) is 29.1 Å². The van der Waals surface area contributed by atoms with Gasteiger partial charge >= 0.3 is 0 Å². The van der Waals surface area contributed by atoms with Crippen molar-refractivity contribution in [2.75, 3.05) is 5.32 Å². The van der Waals surface area contributed by atoms with Crippen molar-refractivity contribution in [2.24, 2.45) is 5.92 Å². The minimum atomic E-state index is 0.225. The fourth-order valence-corrected chi connectivity index (χ4v) is 3.15. The van der Waals surface area contributed by atoms with E-state index in [4.69, 9.17) is 0 Å². The molecule has 16 heavy (non-hydrogen) atoms. The van der Waals surface area contributed by atoms with Crippen molar-refractivity contribution in [3.63, 3.8) is 0 Å². The van der Waals surface area contributed by atoms with Crippen LogP contribution in [0.5, 0.6) is 0 Å². The highest BCUT2D eigenvalue weighted by Gasteiger charge is 2.36. The molecule has 3 rings (SSSR count). The second-order valence-electron chi connectivity index (χ2n) is 5.08. The molecule has 2 aliphatic rings. The lowest BCUT2D eigenvalue weighted by Gasteiger charge is -2.36. The zero-order chi connectivity index (χ0) is 11.1. The van der Waals surface area contributed by atoms with Gasteiger partial charge in [-0.1, -0.05) is 30.5 Å². The highest BCUT2D eigenvalue weighted by Crippen LogP contribution is 2.44. The van der Waals surface area contributed by atoms with Crippen LogP contribution in [-0.2, 0) is 4.79 Å². The van der Waals surface area contributed by atoms with Crippen LogP contribution in [0.1, 0.15) is 42.7 Å². The summed E-state index contributed by atoms with van der Waals surface area (Å²) in [5, 5.41) is 3.05. The van der Waals surface area contributed by atoms with E-state index in [0.29, 0.717) is 5.92 Å². The number of aryl methyl sites for hydroxylation is 1. The smallest absolute Gasteiger partial charge is 0.228 e. The number of anilines is 1. The summed E-state index contributed by atoms with van der Waals surface area (Å²) in [6.45, 7) is 2.12. The van der Waals surface area contributed by atoms with Crippen molar-refractivity contribution in [1.29, 1.82) is 0 Å². The normalized spacial score (nSPS) is 27.9. The van der Waals surface area contributed by atoms with Gasteiger partial charge in [-0.25, -0.2) is 0 Å². The Bertz CT molecular complexity index is 438. The Morgan fingerprint density at radius 3 is 2.75 bits per heavy atom. The summed E-state index contributed by atoms with van der Waals surface area (Å²) in [4.78, 5) is 12.0. The van der Waals surface area contributed by atoms with Crippen LogP contribution in [-0.4, -0.2) is 5.91 Å². The van der Waals surface area contributed by atoms with E-state index < -0.39 is 0 Å². The maximum Gasteiger partial charge on any atom is 0.228 e. The molecule has 1 aliphatic heterocycles. The van der Waals surface area contributed by atoms with E-state index in [1.807, 2.05) is 6.07 Å². The van der Waals surface area contributed by atoms with Crippen molar-refractivity contribution in [3.8, 4) is 0 Å². The highest BCUT2D eigenvalue weighted by atomic mass is 16.2. The molecule has 1 fully saturated rings. The van der Waals surface area contributed by atoms with E-state index in [1.165, 1.54) is 30.4 Å². The van der Waals surface area contributed by atoms with Gasteiger partial charge in [-0.2, -0.15) is 0 Å². The molecule has 84 valence electrons. The van der Waals surface area contributed by atoms with E-state index in [2.05, 4.69) is 24.4 Å². The van der Waals surface area contributed by atoms with Gasteiger partial charge in [0.25, 0.3) is 0 Å². The third kappa shape index (κ3) is 1.44. The average molecular weight is 215 g/mol. The predicted molar refractivity (Wildman–Crippen MR) is 64.5 cm³/mol. The Hall–Kier alpha value is -1.31. The molecular formula is C14H17NO. The van der Waals surface area contributed by atoms with Crippen LogP contribution in [0.25, 0.3) is 0 Å². The summed E-state index contributed by atoms with van der Waals surface area (Å²) in [5.41, 5.74) is 3.70. The molecule has 0 bridgehead atoms. The zero-order valence-corrected chi connectivity index (χ0v) is 9.62. The van der Waals surface area contributed by atoms with Gasteiger partial charge in [0.1, 0.15) is 0 Å². The van der Waals surface area contributed by atoms with Gasteiger partial charge in [0, 0.05) is 11.6 Å². The molecule has 2 atom stereocenters. The lowest BCUT2D eigenvalue weighted by atomic mass is 9.72. The van der Waals surface area contributed by atoms with Gasteiger partial charge in [0.05, 0.1) is 0 Å². The van der Waals surface area contributed by atoms with Crippen molar-refractivity contribution in [2.45, 2.75) is 38.5 Å². The van der Waals surface area contributed by atoms with Gasteiger partial charge in [0.15, 0.2) is 0 Å². The Morgan fingerprint density at radius 2 is 1.94 bits per heavy atom. The van der Waals surface area contributed by atoms with E-state index in [-0.39, 0.29) is 11.8 Å². The summed E-state index contributed by atoms with van der Waals surface area (Å²) < 4.78 is 0. The van der Waals surface area contributed by atoms with Crippen molar-refractivity contribution < 1.29 is 4.79 Å². The van der Waals surface area contributed by atoms with Crippen LogP contribution in [0.3, 0.4) is 0 Å². The SMILES string of the molecule is Cc1ccc2c(c1)C1CCCCC1C(=O)N2. The largest absolute Gasteiger partial charge is 0.326 e. The number of nitrogens with one attached hydrogen (secondary N) is 1. The molecule has 2 unspecified atom stereocenters. The zero-order valence-electron chi connectivity index (χ0n) is 9.62. The predicted octanol–water partition coefficient (Wildman–Crippen LogP) is 3.22. The monoisotopic (exact) mass is 215 g/mol. The van der Waals surface area contributed by atoms with Crippen LogP contribution in [0.4, 0.5) is 5.69 Å². The summed E-state index contributed by atoms with van der Waals surface area (Å²) >= 11 is 0. The van der Waals surface area contributed by atoms with E-state index in [1.54, 1.807) is 0 Å². The molecule has 0 aromatic heterocycles. The number of benzene rings is 1. The second-order valence-corrected chi connectivity index (χ2v) is 5.08. The minimum absolute atomic E-state index is 0.225. The summed E-state index contributed by atoms with van der Waals surface area (Å²) in [6, 6.07) is 6.37. The van der Waals surface area contributed by atoms with Gasteiger partial charge in [-0.05, 0) is 37.3 Å². The Balaban J connectivity index is 2.07. The lowest BCUT2D eigenvalue weighted by Crippen LogP contribution is -2.35. The summed E-state index contributed by atoms with van der Waals surface area (Å²) in [5.74, 6) is 0.932. The molecule has 2 nitrogen and oxygen atoms in total. The standard InChI is InChI=1S/C14H17NO/c1-9-6-7-13-12(8-9)10-4-2-3-5-11(10)14(16)15-13/h6-8,10-11H,2-5H2,1H3,(H,15,16). The minimum Gasteiger partial charge on any atom is -0.326 e. The highest BCUT2D eigenvalue weighted by molar-refractivity contribution is 5.96. The number of carbonyl (C=O) groups is 1. The summed E-state index contributed by atoms with van der Waals surface area (Å²) in [7, 11) is 0. The first-order chi connectivity index (χ1) is 7.75. The molecule has 0 saturated heterocycles. The third-order valence-electron chi connectivity index (χ3n) is 3.97. The first-order valence-corrected chi connectivity index (χ1v) is 6.17. The molecule has 1 N–H and O–H groups in total. The van der Waals surface area contributed by atoms with Crippen LogP contribution < -0.4 is 5.32 Å².